The fourth-order valence-electron chi connectivity index (χ4n) is 2.80. The molecule has 0 fully saturated rings. The smallest absolute Gasteiger partial charge is 0.256 e. The first-order valence-corrected chi connectivity index (χ1v) is 8.46. The Morgan fingerprint density at radius 1 is 1.29 bits per heavy atom. The van der Waals surface area contributed by atoms with Crippen molar-refractivity contribution < 1.29 is 9.59 Å². The maximum atomic E-state index is 12.5. The van der Waals surface area contributed by atoms with E-state index in [0.717, 1.165) is 12.1 Å². The van der Waals surface area contributed by atoms with Crippen molar-refractivity contribution in [1.82, 2.24) is 5.32 Å². The number of rotatable bonds is 6. The molecular weight excluding hydrogens is 328 g/mol. The zero-order chi connectivity index (χ0) is 18.0. The van der Waals surface area contributed by atoms with Gasteiger partial charge in [-0.15, -0.1) is 0 Å². The highest BCUT2D eigenvalue weighted by Crippen LogP contribution is 2.34. The highest BCUT2D eigenvalue weighted by Gasteiger charge is 2.34. The van der Waals surface area contributed by atoms with Gasteiger partial charge in [0, 0.05) is 19.8 Å². The molecule has 2 rings (SSSR count). The molecule has 0 saturated carbocycles. The van der Waals surface area contributed by atoms with Crippen molar-refractivity contribution in [2.45, 2.75) is 32.9 Å². The van der Waals surface area contributed by atoms with Gasteiger partial charge >= 0.3 is 0 Å². The summed E-state index contributed by atoms with van der Waals surface area (Å²) < 4.78 is 0. The number of carbonyl (C=O) groups excluding carboxylic acids is 2. The lowest BCUT2D eigenvalue weighted by molar-refractivity contribution is -0.122. The maximum Gasteiger partial charge on any atom is 0.256 e. The van der Waals surface area contributed by atoms with Gasteiger partial charge in [0.15, 0.2) is 0 Å². The molecule has 1 unspecified atom stereocenters. The van der Waals surface area contributed by atoms with Crippen LogP contribution < -0.4 is 21.3 Å². The Kier molecular flexibility index (Phi) is 5.59. The zero-order valence-electron chi connectivity index (χ0n) is 14.5. The molecule has 0 spiro atoms. The molecule has 0 radical (unpaired) electrons. The Balaban J connectivity index is 2.32. The number of halogens is 1. The van der Waals surface area contributed by atoms with E-state index in [1.807, 2.05) is 25.1 Å². The number of hydrogen-bond donors (Lipinski definition) is 3. The summed E-state index contributed by atoms with van der Waals surface area (Å²) >= 11 is 6.26. The molecule has 4 N–H and O–H groups in total. The number of hydrogen-bond acceptors (Lipinski definition) is 4. The number of primary amides is 1. The molecule has 24 heavy (non-hydrogen) atoms. The SMILES string of the molecule is CC(C)CCC(C(N)=O)[C@@H]1NC(=O)c2c(Cl)cc(N(C)C)cc2N1. The fourth-order valence-corrected chi connectivity index (χ4v) is 3.10. The normalized spacial score (nSPS) is 17.8. The van der Waals surface area contributed by atoms with Gasteiger partial charge in [-0.3, -0.25) is 9.59 Å². The van der Waals surface area contributed by atoms with Crippen LogP contribution in [0.1, 0.15) is 37.0 Å². The zero-order valence-corrected chi connectivity index (χ0v) is 15.3. The Labute approximate surface area is 147 Å². The number of anilines is 2. The minimum absolute atomic E-state index is 0.292. The average molecular weight is 353 g/mol. The highest BCUT2D eigenvalue weighted by atomic mass is 35.5. The number of fused-ring (bicyclic) bond motifs is 1. The van der Waals surface area contributed by atoms with E-state index < -0.39 is 18.0 Å². The van der Waals surface area contributed by atoms with Crippen molar-refractivity contribution >= 4 is 34.8 Å². The van der Waals surface area contributed by atoms with Crippen LogP contribution in [0.2, 0.25) is 5.02 Å². The summed E-state index contributed by atoms with van der Waals surface area (Å²) in [6, 6.07) is 3.60. The lowest BCUT2D eigenvalue weighted by Gasteiger charge is -2.33. The molecule has 2 atom stereocenters. The third-order valence-electron chi connectivity index (χ3n) is 4.24. The minimum Gasteiger partial charge on any atom is -0.378 e. The maximum absolute atomic E-state index is 12.5. The van der Waals surface area contributed by atoms with E-state index in [4.69, 9.17) is 17.3 Å². The summed E-state index contributed by atoms with van der Waals surface area (Å²) in [7, 11) is 3.79. The first-order valence-electron chi connectivity index (χ1n) is 8.08. The van der Waals surface area contributed by atoms with Gasteiger partial charge in [-0.25, -0.2) is 0 Å². The van der Waals surface area contributed by atoms with Crippen LogP contribution in [-0.2, 0) is 4.79 Å². The van der Waals surface area contributed by atoms with E-state index in [0.29, 0.717) is 28.6 Å². The average Bonchev–Trinajstić information content (AvgIpc) is 2.45. The largest absolute Gasteiger partial charge is 0.378 e. The molecule has 6 nitrogen and oxygen atoms in total. The Hall–Kier alpha value is -1.95. The van der Waals surface area contributed by atoms with Crippen molar-refractivity contribution in [1.29, 1.82) is 0 Å². The summed E-state index contributed by atoms with van der Waals surface area (Å²) in [5, 5.41) is 6.42. The van der Waals surface area contributed by atoms with Gasteiger partial charge < -0.3 is 21.3 Å². The molecule has 0 aromatic heterocycles. The Bertz CT molecular complexity index is 646. The summed E-state index contributed by atoms with van der Waals surface area (Å²) in [6.07, 6.45) is 0.934. The van der Waals surface area contributed by atoms with Crippen molar-refractivity contribution in [2.24, 2.45) is 17.6 Å². The molecule has 1 aromatic carbocycles. The number of nitrogens with one attached hydrogen (secondary N) is 2. The van der Waals surface area contributed by atoms with E-state index in [2.05, 4.69) is 24.5 Å². The highest BCUT2D eigenvalue weighted by molar-refractivity contribution is 6.35. The van der Waals surface area contributed by atoms with Gasteiger partial charge in [0.25, 0.3) is 5.91 Å². The van der Waals surface area contributed by atoms with Crippen molar-refractivity contribution in [3.8, 4) is 0 Å². The van der Waals surface area contributed by atoms with Gasteiger partial charge in [0.2, 0.25) is 5.91 Å². The van der Waals surface area contributed by atoms with E-state index in [1.54, 1.807) is 6.07 Å². The van der Waals surface area contributed by atoms with Crippen LogP contribution in [0, 0.1) is 11.8 Å². The first kappa shape index (κ1) is 18.4. The minimum atomic E-state index is -0.533. The molecule has 1 heterocycles. The van der Waals surface area contributed by atoms with E-state index in [1.165, 1.54) is 0 Å². The lowest BCUT2D eigenvalue weighted by Crippen LogP contribution is -2.53. The van der Waals surface area contributed by atoms with Gasteiger partial charge in [-0.05, 0) is 24.5 Å². The number of nitrogens with two attached hydrogens (primary N) is 1. The molecule has 7 heteroatoms. The lowest BCUT2D eigenvalue weighted by atomic mass is 9.92. The molecule has 1 aliphatic rings. The number of amides is 2. The van der Waals surface area contributed by atoms with Crippen molar-refractivity contribution in [2.75, 3.05) is 24.3 Å². The number of nitrogens with zero attached hydrogens (tertiary/aromatic N) is 1. The van der Waals surface area contributed by atoms with E-state index >= 15 is 0 Å². The molecule has 0 bridgehead atoms. The summed E-state index contributed by atoms with van der Waals surface area (Å²) in [5.41, 5.74) is 7.45. The number of carbonyl (C=O) groups is 2. The first-order chi connectivity index (χ1) is 11.2. The topological polar surface area (TPSA) is 87.5 Å². The van der Waals surface area contributed by atoms with Gasteiger partial charge in [0.05, 0.1) is 22.2 Å². The standard InChI is InChI=1S/C17H25ClN4O2/c1-9(2)5-6-11(15(19)23)16-20-13-8-10(22(3)4)7-12(18)14(13)17(24)21-16/h7-9,11,16,20H,5-6H2,1-4H3,(H2,19,23)(H,21,24)/t11?,16-/m0/s1. The fraction of sp³-hybridized carbons (Fsp3) is 0.529. The molecule has 0 saturated heterocycles. The summed E-state index contributed by atoms with van der Waals surface area (Å²) in [4.78, 5) is 26.2. The summed E-state index contributed by atoms with van der Waals surface area (Å²) in [6.45, 7) is 4.17. The number of benzene rings is 1. The van der Waals surface area contributed by atoms with Crippen LogP contribution >= 0.6 is 11.6 Å². The summed E-state index contributed by atoms with van der Waals surface area (Å²) in [5.74, 6) is -0.744. The van der Waals surface area contributed by atoms with Gasteiger partial charge in [-0.1, -0.05) is 31.9 Å². The molecule has 2 amide bonds. The monoisotopic (exact) mass is 352 g/mol. The van der Waals surface area contributed by atoms with Crippen molar-refractivity contribution in [3.63, 3.8) is 0 Å². The van der Waals surface area contributed by atoms with Crippen LogP contribution in [-0.4, -0.2) is 32.1 Å². The molecule has 1 aliphatic heterocycles. The van der Waals surface area contributed by atoms with E-state index in [-0.39, 0.29) is 5.91 Å². The third-order valence-corrected chi connectivity index (χ3v) is 4.54. The quantitative estimate of drug-likeness (QED) is 0.733. The predicted molar refractivity (Wildman–Crippen MR) is 97.4 cm³/mol. The molecule has 0 aliphatic carbocycles. The van der Waals surface area contributed by atoms with Crippen molar-refractivity contribution in [3.05, 3.63) is 22.7 Å². The third kappa shape index (κ3) is 3.93. The van der Waals surface area contributed by atoms with Crippen LogP contribution in [0.3, 0.4) is 0 Å². The Morgan fingerprint density at radius 2 is 1.96 bits per heavy atom. The molecule has 132 valence electrons. The second-order valence-electron chi connectivity index (χ2n) is 6.82. The molecule has 1 aromatic rings. The predicted octanol–water partition coefficient (Wildman–Crippen LogP) is 2.43. The van der Waals surface area contributed by atoms with Crippen LogP contribution in [0.15, 0.2) is 12.1 Å². The molecular formula is C17H25ClN4O2. The second-order valence-corrected chi connectivity index (χ2v) is 7.23. The van der Waals surface area contributed by atoms with Gasteiger partial charge in [-0.2, -0.15) is 0 Å². The Morgan fingerprint density at radius 3 is 2.50 bits per heavy atom. The van der Waals surface area contributed by atoms with Crippen LogP contribution in [0.25, 0.3) is 0 Å². The van der Waals surface area contributed by atoms with Crippen LogP contribution in [0.5, 0.6) is 0 Å². The van der Waals surface area contributed by atoms with Gasteiger partial charge in [0.1, 0.15) is 6.17 Å². The van der Waals surface area contributed by atoms with E-state index in [9.17, 15) is 9.59 Å². The second kappa shape index (κ2) is 7.30. The van der Waals surface area contributed by atoms with Crippen LogP contribution in [0.4, 0.5) is 11.4 Å².